The van der Waals surface area contributed by atoms with Gasteiger partial charge in [0.15, 0.2) is 0 Å². The van der Waals surface area contributed by atoms with Crippen molar-refractivity contribution in [1.29, 1.82) is 0 Å². The van der Waals surface area contributed by atoms with E-state index in [1.54, 1.807) is 12.3 Å². The van der Waals surface area contributed by atoms with Gasteiger partial charge in [-0.15, -0.1) is 11.6 Å². The van der Waals surface area contributed by atoms with Crippen LogP contribution in [0.1, 0.15) is 5.82 Å². The number of nitrogens with zero attached hydrogens (tertiary/aromatic N) is 4. The molecule has 3 aromatic rings. The number of imidazole rings is 1. The van der Waals surface area contributed by atoms with E-state index in [1.807, 2.05) is 16.9 Å². The maximum atomic E-state index is 13.3. The fraction of sp³-hybridized carbons (Fsp3) is 0.286. The fourth-order valence-corrected chi connectivity index (χ4v) is 2.48. The van der Waals surface area contributed by atoms with E-state index in [4.69, 9.17) is 11.6 Å². The number of halogens is 2. The third-order valence-electron chi connectivity index (χ3n) is 3.22. The summed E-state index contributed by atoms with van der Waals surface area (Å²) in [5, 5.41) is 4.18. The Labute approximate surface area is 120 Å². The van der Waals surface area contributed by atoms with Crippen LogP contribution in [0.4, 0.5) is 4.39 Å². The zero-order chi connectivity index (χ0) is 13.9. The molecule has 0 saturated carbocycles. The van der Waals surface area contributed by atoms with Crippen molar-refractivity contribution in [2.45, 2.75) is 19.5 Å². The number of aryl methyl sites for hydroxylation is 3. The number of alkyl halides is 1. The topological polar surface area (TPSA) is 35.6 Å². The van der Waals surface area contributed by atoms with Gasteiger partial charge in [-0.1, -0.05) is 0 Å². The number of hydrogen-bond donors (Lipinski definition) is 0. The monoisotopic (exact) mass is 292 g/mol. The van der Waals surface area contributed by atoms with Gasteiger partial charge in [0.25, 0.3) is 0 Å². The van der Waals surface area contributed by atoms with Crippen LogP contribution in [0.5, 0.6) is 0 Å². The number of rotatable bonds is 5. The normalized spacial score (nSPS) is 11.3. The van der Waals surface area contributed by atoms with Crippen molar-refractivity contribution in [3.8, 4) is 0 Å². The zero-order valence-corrected chi connectivity index (χ0v) is 11.6. The quantitative estimate of drug-likeness (QED) is 0.678. The molecule has 20 heavy (non-hydrogen) atoms. The molecule has 104 valence electrons. The average Bonchev–Trinajstić information content (AvgIpc) is 3.04. The molecule has 0 unspecified atom stereocenters. The first kappa shape index (κ1) is 13.1. The summed E-state index contributed by atoms with van der Waals surface area (Å²) in [5.74, 6) is 1.10. The van der Waals surface area contributed by atoms with E-state index in [2.05, 4.69) is 14.6 Å². The number of aromatic nitrogens is 4. The van der Waals surface area contributed by atoms with Crippen molar-refractivity contribution in [2.24, 2.45) is 0 Å². The molecule has 0 radical (unpaired) electrons. The molecule has 2 heterocycles. The highest BCUT2D eigenvalue weighted by molar-refractivity contribution is 6.17. The SMILES string of the molecule is Fc1ccc2c(c1)nc(CCCl)n2CCn1cccn1. The molecule has 2 aromatic heterocycles. The second kappa shape index (κ2) is 5.63. The van der Waals surface area contributed by atoms with Crippen molar-refractivity contribution in [1.82, 2.24) is 19.3 Å². The van der Waals surface area contributed by atoms with Crippen molar-refractivity contribution in [2.75, 3.05) is 5.88 Å². The van der Waals surface area contributed by atoms with E-state index in [0.29, 0.717) is 17.8 Å². The number of fused-ring (bicyclic) bond motifs is 1. The Balaban J connectivity index is 1.95. The lowest BCUT2D eigenvalue weighted by atomic mass is 10.3. The zero-order valence-electron chi connectivity index (χ0n) is 10.8. The molecule has 0 spiro atoms. The van der Waals surface area contributed by atoms with Crippen LogP contribution in [0.2, 0.25) is 0 Å². The standard InChI is InChI=1S/C14H14ClFN4/c15-5-4-14-18-12-10-11(16)2-3-13(12)20(14)9-8-19-7-1-6-17-19/h1-3,6-7,10H,4-5,8-9H2. The summed E-state index contributed by atoms with van der Waals surface area (Å²) in [4.78, 5) is 4.47. The van der Waals surface area contributed by atoms with Crippen molar-refractivity contribution in [3.63, 3.8) is 0 Å². The average molecular weight is 293 g/mol. The molecular weight excluding hydrogens is 279 g/mol. The highest BCUT2D eigenvalue weighted by atomic mass is 35.5. The Bertz CT molecular complexity index is 705. The van der Waals surface area contributed by atoms with Crippen LogP contribution in [-0.2, 0) is 19.5 Å². The summed E-state index contributed by atoms with van der Waals surface area (Å²) < 4.78 is 17.2. The van der Waals surface area contributed by atoms with Crippen LogP contribution in [-0.4, -0.2) is 25.2 Å². The van der Waals surface area contributed by atoms with Crippen LogP contribution in [0.3, 0.4) is 0 Å². The predicted octanol–water partition coefficient (Wildman–Crippen LogP) is 2.85. The molecule has 0 aliphatic heterocycles. The maximum Gasteiger partial charge on any atom is 0.125 e. The summed E-state index contributed by atoms with van der Waals surface area (Å²) in [5.41, 5.74) is 1.60. The minimum absolute atomic E-state index is 0.272. The van der Waals surface area contributed by atoms with Gasteiger partial charge in [-0.3, -0.25) is 4.68 Å². The van der Waals surface area contributed by atoms with E-state index >= 15 is 0 Å². The largest absolute Gasteiger partial charge is 0.326 e. The molecule has 1 aromatic carbocycles. The fourth-order valence-electron chi connectivity index (χ4n) is 2.31. The molecule has 0 amide bonds. The first-order valence-corrected chi connectivity index (χ1v) is 6.99. The summed E-state index contributed by atoms with van der Waals surface area (Å²) in [6.45, 7) is 1.47. The van der Waals surface area contributed by atoms with E-state index in [-0.39, 0.29) is 5.82 Å². The third kappa shape index (κ3) is 2.54. The maximum absolute atomic E-state index is 13.3. The molecule has 0 bridgehead atoms. The van der Waals surface area contributed by atoms with Gasteiger partial charge in [0.1, 0.15) is 11.6 Å². The lowest BCUT2D eigenvalue weighted by molar-refractivity contribution is 0.530. The summed E-state index contributed by atoms with van der Waals surface area (Å²) in [6, 6.07) is 6.57. The number of benzene rings is 1. The van der Waals surface area contributed by atoms with Gasteiger partial charge in [-0.2, -0.15) is 5.10 Å². The molecule has 0 saturated heterocycles. The van der Waals surface area contributed by atoms with E-state index in [1.165, 1.54) is 12.1 Å². The Morgan fingerprint density at radius 1 is 1.25 bits per heavy atom. The molecule has 0 atom stereocenters. The van der Waals surface area contributed by atoms with E-state index in [9.17, 15) is 4.39 Å². The van der Waals surface area contributed by atoms with Gasteiger partial charge in [-0.25, -0.2) is 9.37 Å². The molecule has 3 rings (SSSR count). The Morgan fingerprint density at radius 2 is 2.15 bits per heavy atom. The first-order valence-electron chi connectivity index (χ1n) is 6.46. The molecular formula is C14H14ClFN4. The molecule has 0 aliphatic carbocycles. The van der Waals surface area contributed by atoms with Gasteiger partial charge < -0.3 is 4.57 Å². The minimum Gasteiger partial charge on any atom is -0.326 e. The van der Waals surface area contributed by atoms with Crippen LogP contribution in [0.25, 0.3) is 11.0 Å². The van der Waals surface area contributed by atoms with E-state index in [0.717, 1.165) is 24.4 Å². The minimum atomic E-state index is -0.272. The van der Waals surface area contributed by atoms with Gasteiger partial charge >= 0.3 is 0 Å². The van der Waals surface area contributed by atoms with Crippen LogP contribution < -0.4 is 0 Å². The Morgan fingerprint density at radius 3 is 2.90 bits per heavy atom. The summed E-state index contributed by atoms with van der Waals surface area (Å²) in [6.07, 6.45) is 4.33. The lowest BCUT2D eigenvalue weighted by Gasteiger charge is -2.08. The van der Waals surface area contributed by atoms with E-state index < -0.39 is 0 Å². The molecule has 4 nitrogen and oxygen atoms in total. The van der Waals surface area contributed by atoms with Gasteiger partial charge in [0.05, 0.1) is 17.6 Å². The smallest absolute Gasteiger partial charge is 0.125 e. The predicted molar refractivity (Wildman–Crippen MR) is 76.3 cm³/mol. The second-order valence-corrected chi connectivity index (χ2v) is 4.90. The Hall–Kier alpha value is -1.88. The van der Waals surface area contributed by atoms with Crippen molar-refractivity contribution in [3.05, 3.63) is 48.3 Å². The van der Waals surface area contributed by atoms with Crippen molar-refractivity contribution < 1.29 is 4.39 Å². The lowest BCUT2D eigenvalue weighted by Crippen LogP contribution is -2.11. The van der Waals surface area contributed by atoms with Gasteiger partial charge in [-0.05, 0) is 18.2 Å². The Kier molecular flexibility index (Phi) is 3.69. The highest BCUT2D eigenvalue weighted by Gasteiger charge is 2.11. The molecule has 0 aliphatic rings. The molecule has 6 heteroatoms. The molecule has 0 N–H and O–H groups in total. The second-order valence-electron chi connectivity index (χ2n) is 4.52. The van der Waals surface area contributed by atoms with Crippen LogP contribution in [0.15, 0.2) is 36.7 Å². The summed E-state index contributed by atoms with van der Waals surface area (Å²) in [7, 11) is 0. The first-order chi connectivity index (χ1) is 9.78. The van der Waals surface area contributed by atoms with Crippen LogP contribution >= 0.6 is 11.6 Å². The number of hydrogen-bond acceptors (Lipinski definition) is 2. The third-order valence-corrected chi connectivity index (χ3v) is 3.41. The molecule has 0 fully saturated rings. The van der Waals surface area contributed by atoms with Gasteiger partial charge in [0, 0.05) is 37.3 Å². The van der Waals surface area contributed by atoms with Crippen molar-refractivity contribution >= 4 is 22.6 Å². The summed E-state index contributed by atoms with van der Waals surface area (Å²) >= 11 is 5.82. The highest BCUT2D eigenvalue weighted by Crippen LogP contribution is 2.18. The van der Waals surface area contributed by atoms with Gasteiger partial charge in [0.2, 0.25) is 0 Å². The van der Waals surface area contributed by atoms with Crippen LogP contribution in [0, 0.1) is 5.82 Å².